The first kappa shape index (κ1) is 17.2. The van der Waals surface area contributed by atoms with E-state index in [-0.39, 0.29) is 5.91 Å². The Labute approximate surface area is 144 Å². The van der Waals surface area contributed by atoms with E-state index in [0.717, 1.165) is 62.2 Å². The molecule has 3 rings (SSSR count). The van der Waals surface area contributed by atoms with Crippen LogP contribution in [-0.2, 0) is 16.1 Å². The van der Waals surface area contributed by atoms with Crippen LogP contribution in [0.2, 0.25) is 0 Å². The van der Waals surface area contributed by atoms with E-state index in [9.17, 15) is 4.79 Å². The van der Waals surface area contributed by atoms with Crippen molar-refractivity contribution >= 4 is 5.91 Å². The van der Waals surface area contributed by atoms with Crippen LogP contribution in [0.25, 0.3) is 0 Å². The number of rotatable bonds is 5. The van der Waals surface area contributed by atoms with Crippen molar-refractivity contribution in [2.24, 2.45) is 11.8 Å². The summed E-state index contributed by atoms with van der Waals surface area (Å²) in [6, 6.07) is 7.77. The van der Waals surface area contributed by atoms with Gasteiger partial charge in [-0.3, -0.25) is 4.79 Å². The third-order valence-corrected chi connectivity index (χ3v) is 5.31. The number of hydrogen-bond acceptors (Lipinski definition) is 4. The zero-order valence-corrected chi connectivity index (χ0v) is 14.7. The van der Waals surface area contributed by atoms with Crippen molar-refractivity contribution in [3.63, 3.8) is 0 Å². The van der Waals surface area contributed by atoms with E-state index in [0.29, 0.717) is 6.61 Å². The maximum absolute atomic E-state index is 12.7. The van der Waals surface area contributed by atoms with Gasteiger partial charge in [-0.25, -0.2) is 0 Å². The number of fused-ring (bicyclic) bond motifs is 1. The lowest BCUT2D eigenvalue weighted by molar-refractivity contribution is -0.143. The Bertz CT molecular complexity index is 549. The Morgan fingerprint density at radius 3 is 2.67 bits per heavy atom. The highest BCUT2D eigenvalue weighted by molar-refractivity contribution is 5.80. The normalized spacial score (nSPS) is 25.0. The second kappa shape index (κ2) is 7.99. The van der Waals surface area contributed by atoms with Crippen LogP contribution in [-0.4, -0.2) is 50.2 Å². The van der Waals surface area contributed by atoms with Gasteiger partial charge < -0.3 is 19.7 Å². The topological polar surface area (TPSA) is 50.8 Å². The van der Waals surface area contributed by atoms with Gasteiger partial charge in [0.15, 0.2) is 0 Å². The van der Waals surface area contributed by atoms with Gasteiger partial charge in [-0.05, 0) is 62.4 Å². The minimum atomic E-state index is -0.410. The lowest BCUT2D eigenvalue weighted by Gasteiger charge is -2.24. The molecule has 3 atom stereocenters. The van der Waals surface area contributed by atoms with Crippen molar-refractivity contribution in [3.8, 4) is 5.75 Å². The summed E-state index contributed by atoms with van der Waals surface area (Å²) in [6.45, 7) is 6.20. The molecule has 1 aromatic carbocycles. The molecule has 2 heterocycles. The predicted octanol–water partition coefficient (Wildman–Crippen LogP) is 2.06. The van der Waals surface area contributed by atoms with Crippen molar-refractivity contribution in [2.75, 3.05) is 33.3 Å². The first-order valence-electron chi connectivity index (χ1n) is 8.91. The molecular weight excluding hydrogens is 304 g/mol. The molecule has 0 bridgehead atoms. The first-order valence-corrected chi connectivity index (χ1v) is 8.91. The van der Waals surface area contributed by atoms with Crippen LogP contribution >= 0.6 is 0 Å². The lowest BCUT2D eigenvalue weighted by atomic mass is 9.92. The van der Waals surface area contributed by atoms with Crippen molar-refractivity contribution < 1.29 is 14.3 Å². The molecule has 1 aromatic rings. The van der Waals surface area contributed by atoms with Crippen LogP contribution in [0.5, 0.6) is 5.75 Å². The minimum Gasteiger partial charge on any atom is -0.497 e. The molecule has 2 saturated heterocycles. The molecule has 0 saturated carbocycles. The largest absolute Gasteiger partial charge is 0.497 e. The second-order valence-corrected chi connectivity index (χ2v) is 6.89. The minimum absolute atomic E-state index is 0.117. The number of benzene rings is 1. The molecule has 2 aliphatic heterocycles. The SMILES string of the molecule is COc1cccc(COC(C)C(=O)N2CC[C@@H]3CNC[C@@H]3CC2)c1. The Morgan fingerprint density at radius 2 is 2.00 bits per heavy atom. The fourth-order valence-electron chi connectivity index (χ4n) is 3.75. The number of carbonyl (C=O) groups excluding carboxylic acids is 1. The van der Waals surface area contributed by atoms with E-state index in [1.807, 2.05) is 36.1 Å². The summed E-state index contributed by atoms with van der Waals surface area (Å²) >= 11 is 0. The average molecular weight is 332 g/mol. The van der Waals surface area contributed by atoms with Gasteiger partial charge in [0.25, 0.3) is 5.91 Å². The monoisotopic (exact) mass is 332 g/mol. The molecule has 0 spiro atoms. The van der Waals surface area contributed by atoms with Crippen molar-refractivity contribution in [1.29, 1.82) is 0 Å². The molecule has 0 radical (unpaired) electrons. The Kier molecular flexibility index (Phi) is 5.74. The Morgan fingerprint density at radius 1 is 1.29 bits per heavy atom. The number of ether oxygens (including phenoxy) is 2. The van der Waals surface area contributed by atoms with Gasteiger partial charge in [-0.15, -0.1) is 0 Å². The van der Waals surface area contributed by atoms with Crippen LogP contribution in [0, 0.1) is 11.8 Å². The molecule has 5 heteroatoms. The smallest absolute Gasteiger partial charge is 0.251 e. The maximum atomic E-state index is 12.7. The Balaban J connectivity index is 1.50. The summed E-state index contributed by atoms with van der Waals surface area (Å²) in [5, 5.41) is 3.47. The quantitative estimate of drug-likeness (QED) is 0.897. The number of hydrogen-bond donors (Lipinski definition) is 1. The van der Waals surface area contributed by atoms with Gasteiger partial charge >= 0.3 is 0 Å². The summed E-state index contributed by atoms with van der Waals surface area (Å²) in [5.41, 5.74) is 1.02. The summed E-state index contributed by atoms with van der Waals surface area (Å²) in [4.78, 5) is 14.7. The highest BCUT2D eigenvalue weighted by atomic mass is 16.5. The zero-order chi connectivity index (χ0) is 16.9. The first-order chi connectivity index (χ1) is 11.7. The number of carbonyl (C=O) groups is 1. The third kappa shape index (κ3) is 4.08. The van der Waals surface area contributed by atoms with Crippen LogP contribution in [0.4, 0.5) is 0 Å². The molecule has 1 N–H and O–H groups in total. The maximum Gasteiger partial charge on any atom is 0.251 e. The lowest BCUT2D eigenvalue weighted by Crippen LogP contribution is -2.40. The molecule has 2 fully saturated rings. The molecule has 5 nitrogen and oxygen atoms in total. The molecule has 2 aliphatic rings. The molecule has 132 valence electrons. The third-order valence-electron chi connectivity index (χ3n) is 5.31. The van der Waals surface area contributed by atoms with Crippen molar-refractivity contribution in [3.05, 3.63) is 29.8 Å². The van der Waals surface area contributed by atoms with Crippen LogP contribution < -0.4 is 10.1 Å². The summed E-state index contributed by atoms with van der Waals surface area (Å²) < 4.78 is 11.0. The van der Waals surface area contributed by atoms with Gasteiger partial charge in [-0.1, -0.05) is 12.1 Å². The number of likely N-dealkylation sites (tertiary alicyclic amines) is 1. The fraction of sp³-hybridized carbons (Fsp3) is 0.632. The highest BCUT2D eigenvalue weighted by Gasteiger charge is 2.32. The molecule has 1 unspecified atom stereocenters. The van der Waals surface area contributed by atoms with Crippen molar-refractivity contribution in [2.45, 2.75) is 32.5 Å². The van der Waals surface area contributed by atoms with E-state index >= 15 is 0 Å². The van der Waals surface area contributed by atoms with Gasteiger partial charge in [-0.2, -0.15) is 0 Å². The van der Waals surface area contributed by atoms with E-state index in [1.165, 1.54) is 0 Å². The van der Waals surface area contributed by atoms with Crippen molar-refractivity contribution in [1.82, 2.24) is 10.2 Å². The zero-order valence-electron chi connectivity index (χ0n) is 14.7. The van der Waals surface area contributed by atoms with Gasteiger partial charge in [0.2, 0.25) is 0 Å². The number of nitrogens with one attached hydrogen (secondary N) is 1. The highest BCUT2D eigenvalue weighted by Crippen LogP contribution is 2.27. The second-order valence-electron chi connectivity index (χ2n) is 6.89. The van der Waals surface area contributed by atoms with E-state index < -0.39 is 6.10 Å². The van der Waals surface area contributed by atoms with Gasteiger partial charge in [0.1, 0.15) is 11.9 Å². The standard InChI is InChI=1S/C19H28N2O3/c1-14(24-13-15-4-3-5-18(10-15)23-2)19(22)21-8-6-16-11-20-12-17(16)7-9-21/h3-5,10,14,16-17,20H,6-9,11-13H2,1-2H3/t14?,16-,17+. The molecule has 1 amide bonds. The summed E-state index contributed by atoms with van der Waals surface area (Å²) in [7, 11) is 1.65. The summed E-state index contributed by atoms with van der Waals surface area (Å²) in [6.07, 6.45) is 1.80. The van der Waals surface area contributed by atoms with Gasteiger partial charge in [0.05, 0.1) is 13.7 Å². The summed E-state index contributed by atoms with van der Waals surface area (Å²) in [5.74, 6) is 2.39. The molecule has 0 aliphatic carbocycles. The number of methoxy groups -OCH3 is 1. The predicted molar refractivity (Wildman–Crippen MR) is 92.9 cm³/mol. The molecule has 0 aromatic heterocycles. The number of nitrogens with zero attached hydrogens (tertiary/aromatic N) is 1. The van der Waals surface area contributed by atoms with Gasteiger partial charge in [0, 0.05) is 13.1 Å². The average Bonchev–Trinajstić information content (AvgIpc) is 2.97. The van der Waals surface area contributed by atoms with Crippen LogP contribution in [0.1, 0.15) is 25.3 Å². The number of amides is 1. The van der Waals surface area contributed by atoms with Crippen LogP contribution in [0.3, 0.4) is 0 Å². The van der Waals surface area contributed by atoms with Crippen LogP contribution in [0.15, 0.2) is 24.3 Å². The fourth-order valence-corrected chi connectivity index (χ4v) is 3.75. The van der Waals surface area contributed by atoms with E-state index in [2.05, 4.69) is 5.32 Å². The molecular formula is C19H28N2O3. The molecule has 24 heavy (non-hydrogen) atoms. The van der Waals surface area contributed by atoms with E-state index in [4.69, 9.17) is 9.47 Å². The Hall–Kier alpha value is -1.59. The van der Waals surface area contributed by atoms with E-state index in [1.54, 1.807) is 7.11 Å².